The molecule has 1 aliphatic heterocycles. The molecule has 1 aliphatic rings. The lowest BCUT2D eigenvalue weighted by molar-refractivity contribution is -0.222. The summed E-state index contributed by atoms with van der Waals surface area (Å²) in [4.78, 5) is 35.9. The molecule has 2 N–H and O–H groups in total. The van der Waals surface area contributed by atoms with E-state index in [0.717, 1.165) is 0 Å². The van der Waals surface area contributed by atoms with Gasteiger partial charge < -0.3 is 24.8 Å². The summed E-state index contributed by atoms with van der Waals surface area (Å²) in [5.41, 5.74) is 0.636. The highest BCUT2D eigenvalue weighted by molar-refractivity contribution is 6.15. The number of esters is 2. The molecular formula is C18H22N2O6. The van der Waals surface area contributed by atoms with Crippen LogP contribution in [0.3, 0.4) is 0 Å². The number of cyclic esters (lactones) is 2. The second-order valence-electron chi connectivity index (χ2n) is 6.44. The van der Waals surface area contributed by atoms with Crippen molar-refractivity contribution < 1.29 is 28.6 Å². The van der Waals surface area contributed by atoms with Gasteiger partial charge in [-0.2, -0.15) is 0 Å². The molecule has 0 aliphatic carbocycles. The average Bonchev–Trinajstić information content (AvgIpc) is 2.53. The summed E-state index contributed by atoms with van der Waals surface area (Å²) in [6.07, 6.45) is 1.19. The number of methoxy groups -OCH3 is 1. The Kier molecular flexibility index (Phi) is 5.54. The lowest BCUT2D eigenvalue weighted by Gasteiger charge is -2.29. The van der Waals surface area contributed by atoms with Crippen molar-refractivity contribution in [3.8, 4) is 5.75 Å². The molecule has 0 spiro atoms. The molecule has 0 unspecified atom stereocenters. The first kappa shape index (κ1) is 19.3. The second kappa shape index (κ2) is 7.47. The highest BCUT2D eigenvalue weighted by Crippen LogP contribution is 2.29. The van der Waals surface area contributed by atoms with E-state index in [0.29, 0.717) is 17.1 Å². The molecule has 8 heteroatoms. The topological polar surface area (TPSA) is 103 Å². The third kappa shape index (κ3) is 4.53. The number of hydrogen-bond donors (Lipinski definition) is 2. The first-order valence-electron chi connectivity index (χ1n) is 8.05. The molecule has 1 amide bonds. The summed E-state index contributed by atoms with van der Waals surface area (Å²) in [5, 5.41) is 5.60. The maximum Gasteiger partial charge on any atom is 0.350 e. The SMILES string of the molecule is COc1ccc(NC=C2C(=O)OC(C)(C)OC2=O)c(NC(=O)C(C)C)c1. The number of carbonyl (C=O) groups is 3. The van der Waals surface area contributed by atoms with Crippen LogP contribution in [0.4, 0.5) is 11.4 Å². The number of nitrogens with one attached hydrogen (secondary N) is 2. The van der Waals surface area contributed by atoms with Crippen LogP contribution < -0.4 is 15.4 Å². The van der Waals surface area contributed by atoms with E-state index < -0.39 is 17.7 Å². The van der Waals surface area contributed by atoms with Crippen molar-refractivity contribution in [1.82, 2.24) is 0 Å². The highest BCUT2D eigenvalue weighted by Gasteiger charge is 2.39. The van der Waals surface area contributed by atoms with Gasteiger partial charge in [0.1, 0.15) is 5.75 Å². The summed E-state index contributed by atoms with van der Waals surface area (Å²) in [5.74, 6) is -2.76. The summed E-state index contributed by atoms with van der Waals surface area (Å²) >= 11 is 0. The fourth-order valence-corrected chi connectivity index (χ4v) is 2.09. The van der Waals surface area contributed by atoms with E-state index in [1.807, 2.05) is 0 Å². The van der Waals surface area contributed by atoms with Crippen molar-refractivity contribution in [3.05, 3.63) is 30.0 Å². The molecule has 2 rings (SSSR count). The van der Waals surface area contributed by atoms with Crippen molar-refractivity contribution in [3.63, 3.8) is 0 Å². The molecule has 0 bridgehead atoms. The summed E-state index contributed by atoms with van der Waals surface area (Å²) < 4.78 is 15.2. The first-order valence-corrected chi connectivity index (χ1v) is 8.05. The van der Waals surface area contributed by atoms with Gasteiger partial charge in [-0.1, -0.05) is 13.8 Å². The van der Waals surface area contributed by atoms with Crippen molar-refractivity contribution in [2.75, 3.05) is 17.7 Å². The number of anilines is 2. The Balaban J connectivity index is 2.27. The Labute approximate surface area is 151 Å². The molecule has 140 valence electrons. The molecule has 0 atom stereocenters. The molecule has 26 heavy (non-hydrogen) atoms. The second-order valence-corrected chi connectivity index (χ2v) is 6.44. The van der Waals surface area contributed by atoms with Gasteiger partial charge in [-0.15, -0.1) is 0 Å². The van der Waals surface area contributed by atoms with Crippen LogP contribution in [-0.2, 0) is 23.9 Å². The maximum absolute atomic E-state index is 12.0. The summed E-state index contributed by atoms with van der Waals surface area (Å²) in [6.45, 7) is 6.47. The van der Waals surface area contributed by atoms with E-state index in [2.05, 4.69) is 10.6 Å². The van der Waals surface area contributed by atoms with Crippen molar-refractivity contribution >= 4 is 29.2 Å². The van der Waals surface area contributed by atoms with Gasteiger partial charge in [-0.05, 0) is 12.1 Å². The van der Waals surface area contributed by atoms with Gasteiger partial charge in [0.05, 0.1) is 18.5 Å². The van der Waals surface area contributed by atoms with E-state index in [9.17, 15) is 14.4 Å². The third-order valence-electron chi connectivity index (χ3n) is 3.50. The van der Waals surface area contributed by atoms with E-state index >= 15 is 0 Å². The fraction of sp³-hybridized carbons (Fsp3) is 0.389. The van der Waals surface area contributed by atoms with Crippen LogP contribution in [0.15, 0.2) is 30.0 Å². The van der Waals surface area contributed by atoms with Gasteiger partial charge in [0.2, 0.25) is 5.91 Å². The smallest absolute Gasteiger partial charge is 0.350 e. The molecule has 1 aromatic carbocycles. The molecule has 8 nitrogen and oxygen atoms in total. The van der Waals surface area contributed by atoms with Gasteiger partial charge in [-0.25, -0.2) is 9.59 Å². The molecule has 1 fully saturated rings. The number of benzene rings is 1. The zero-order chi connectivity index (χ0) is 19.5. The van der Waals surface area contributed by atoms with Crippen molar-refractivity contribution in [2.45, 2.75) is 33.5 Å². The number of carbonyl (C=O) groups excluding carboxylic acids is 3. The Morgan fingerprint density at radius 1 is 1.15 bits per heavy atom. The quantitative estimate of drug-likeness (QED) is 0.471. The van der Waals surface area contributed by atoms with Crippen molar-refractivity contribution in [2.24, 2.45) is 5.92 Å². The number of amides is 1. The van der Waals surface area contributed by atoms with Gasteiger partial charge in [0, 0.05) is 32.0 Å². The predicted octanol–water partition coefficient (Wildman–Crippen LogP) is 2.42. The van der Waals surface area contributed by atoms with E-state index in [4.69, 9.17) is 14.2 Å². The van der Waals surface area contributed by atoms with Gasteiger partial charge >= 0.3 is 11.9 Å². The van der Waals surface area contributed by atoms with Crippen LogP contribution in [0, 0.1) is 5.92 Å². The molecule has 1 saturated heterocycles. The third-order valence-corrected chi connectivity index (χ3v) is 3.50. The summed E-state index contributed by atoms with van der Waals surface area (Å²) in [6, 6.07) is 4.95. The van der Waals surface area contributed by atoms with Crippen LogP contribution in [-0.4, -0.2) is 30.7 Å². The summed E-state index contributed by atoms with van der Waals surface area (Å²) in [7, 11) is 1.51. The Morgan fingerprint density at radius 3 is 2.31 bits per heavy atom. The van der Waals surface area contributed by atoms with E-state index in [1.165, 1.54) is 27.2 Å². The van der Waals surface area contributed by atoms with Crippen LogP contribution in [0.25, 0.3) is 0 Å². The minimum atomic E-state index is -1.30. The first-order chi connectivity index (χ1) is 12.1. The normalized spacial score (nSPS) is 15.8. The van der Waals surface area contributed by atoms with Crippen LogP contribution in [0.1, 0.15) is 27.7 Å². The Morgan fingerprint density at radius 2 is 1.77 bits per heavy atom. The monoisotopic (exact) mass is 362 g/mol. The zero-order valence-corrected chi connectivity index (χ0v) is 15.3. The highest BCUT2D eigenvalue weighted by atomic mass is 16.7. The van der Waals surface area contributed by atoms with Gasteiger partial charge in [0.15, 0.2) is 5.57 Å². The minimum Gasteiger partial charge on any atom is -0.497 e. The number of rotatable bonds is 5. The molecule has 0 radical (unpaired) electrons. The van der Waals surface area contributed by atoms with Gasteiger partial charge in [-0.3, -0.25) is 4.79 Å². The molecule has 0 aromatic heterocycles. The lowest BCUT2D eigenvalue weighted by Crippen LogP contribution is -2.42. The standard InChI is InChI=1S/C18H22N2O6/c1-10(2)15(21)20-14-8-11(24-5)6-7-13(14)19-9-12-16(22)25-18(3,4)26-17(12)23/h6-10,19H,1-5H3,(H,20,21). The lowest BCUT2D eigenvalue weighted by atomic mass is 10.2. The fourth-order valence-electron chi connectivity index (χ4n) is 2.09. The molecule has 1 heterocycles. The van der Waals surface area contributed by atoms with E-state index in [-0.39, 0.29) is 17.4 Å². The Bertz CT molecular complexity index is 745. The molecular weight excluding hydrogens is 340 g/mol. The van der Waals surface area contributed by atoms with E-state index in [1.54, 1.807) is 32.0 Å². The molecule has 1 aromatic rings. The zero-order valence-electron chi connectivity index (χ0n) is 15.3. The predicted molar refractivity (Wildman–Crippen MR) is 94.4 cm³/mol. The average molecular weight is 362 g/mol. The van der Waals surface area contributed by atoms with Crippen LogP contribution >= 0.6 is 0 Å². The minimum absolute atomic E-state index is 0.188. The van der Waals surface area contributed by atoms with Crippen LogP contribution in [0.5, 0.6) is 5.75 Å². The maximum atomic E-state index is 12.0. The van der Waals surface area contributed by atoms with Crippen molar-refractivity contribution in [1.29, 1.82) is 0 Å². The van der Waals surface area contributed by atoms with Crippen LogP contribution in [0.2, 0.25) is 0 Å². The Hall–Kier alpha value is -3.03. The largest absolute Gasteiger partial charge is 0.497 e. The molecule has 0 saturated carbocycles. The van der Waals surface area contributed by atoms with Gasteiger partial charge in [0.25, 0.3) is 5.79 Å². The number of ether oxygens (including phenoxy) is 3. The number of hydrogen-bond acceptors (Lipinski definition) is 7.